The molecule has 0 saturated carbocycles. The number of halogens is 1. The molecule has 0 fully saturated rings. The first-order valence-electron chi connectivity index (χ1n) is 9.11. The summed E-state index contributed by atoms with van der Waals surface area (Å²) in [5, 5.41) is 8.72. The van der Waals surface area contributed by atoms with Crippen molar-refractivity contribution in [3.8, 4) is 0 Å². The van der Waals surface area contributed by atoms with Crippen LogP contribution < -0.4 is 16.0 Å². The predicted molar refractivity (Wildman–Crippen MR) is 108 cm³/mol. The van der Waals surface area contributed by atoms with Gasteiger partial charge in [-0.25, -0.2) is 4.39 Å². The fraction of sp³-hybridized carbons (Fsp3) is 0.333. The Morgan fingerprint density at radius 1 is 1.04 bits per heavy atom. The van der Waals surface area contributed by atoms with Gasteiger partial charge in [-0.15, -0.1) is 0 Å². The molecule has 2 amide bonds. The van der Waals surface area contributed by atoms with Gasteiger partial charge >= 0.3 is 0 Å². The van der Waals surface area contributed by atoms with E-state index in [-0.39, 0.29) is 17.6 Å². The van der Waals surface area contributed by atoms with Gasteiger partial charge in [-0.05, 0) is 56.2 Å². The second-order valence-corrected chi connectivity index (χ2v) is 6.48. The maximum atomic E-state index is 12.9. The van der Waals surface area contributed by atoms with Crippen LogP contribution in [0, 0.1) is 5.82 Å². The van der Waals surface area contributed by atoms with E-state index in [0.29, 0.717) is 24.3 Å². The van der Waals surface area contributed by atoms with Gasteiger partial charge in [-0.2, -0.15) is 0 Å². The minimum Gasteiger partial charge on any atom is -0.374 e. The lowest BCUT2D eigenvalue weighted by Gasteiger charge is -2.16. The molecule has 0 radical (unpaired) electrons. The molecule has 2 atom stereocenters. The van der Waals surface area contributed by atoms with E-state index < -0.39 is 12.1 Å². The number of carbonyl (C=O) groups excluding carboxylic acids is 2. The summed E-state index contributed by atoms with van der Waals surface area (Å²) in [6.07, 6.45) is 0.0696. The van der Waals surface area contributed by atoms with Gasteiger partial charge in [0.2, 0.25) is 5.91 Å². The second kappa shape index (κ2) is 10.4. The summed E-state index contributed by atoms with van der Waals surface area (Å²) in [6.45, 7) is 3.88. The van der Waals surface area contributed by atoms with Gasteiger partial charge in [0.25, 0.3) is 5.91 Å². The molecule has 2 aromatic rings. The third-order valence-electron chi connectivity index (χ3n) is 4.26. The number of hydrogen-bond acceptors (Lipinski definition) is 4. The molecule has 28 heavy (non-hydrogen) atoms. The number of rotatable bonds is 9. The average Bonchev–Trinajstić information content (AvgIpc) is 2.68. The molecule has 0 aromatic heterocycles. The van der Waals surface area contributed by atoms with Crippen molar-refractivity contribution < 1.29 is 18.7 Å². The number of amides is 2. The van der Waals surface area contributed by atoms with Crippen LogP contribution in [0.15, 0.2) is 48.5 Å². The largest absolute Gasteiger partial charge is 0.374 e. The Balaban J connectivity index is 1.83. The van der Waals surface area contributed by atoms with Gasteiger partial charge in [0.1, 0.15) is 18.0 Å². The Bertz CT molecular complexity index is 796. The van der Waals surface area contributed by atoms with Crippen LogP contribution in [0.4, 0.5) is 15.8 Å². The van der Waals surface area contributed by atoms with Gasteiger partial charge < -0.3 is 20.7 Å². The van der Waals surface area contributed by atoms with Crippen molar-refractivity contribution >= 4 is 23.2 Å². The number of methoxy groups -OCH3 is 1. The van der Waals surface area contributed by atoms with Gasteiger partial charge in [-0.3, -0.25) is 9.59 Å². The predicted octanol–water partition coefficient (Wildman–Crippen LogP) is 2.96. The highest BCUT2D eigenvalue weighted by molar-refractivity contribution is 5.94. The highest BCUT2D eigenvalue weighted by Gasteiger charge is 2.14. The van der Waals surface area contributed by atoms with Crippen molar-refractivity contribution in [2.45, 2.75) is 32.4 Å². The number of anilines is 2. The van der Waals surface area contributed by atoms with E-state index in [0.717, 1.165) is 5.56 Å². The topological polar surface area (TPSA) is 79.5 Å². The monoisotopic (exact) mass is 387 g/mol. The quantitative estimate of drug-likeness (QED) is 0.618. The highest BCUT2D eigenvalue weighted by Crippen LogP contribution is 2.16. The van der Waals surface area contributed by atoms with Crippen molar-refractivity contribution in [3.63, 3.8) is 0 Å². The summed E-state index contributed by atoms with van der Waals surface area (Å²) in [5.41, 5.74) is 2.28. The molecule has 0 heterocycles. The summed E-state index contributed by atoms with van der Waals surface area (Å²) in [6, 6.07) is 12.9. The van der Waals surface area contributed by atoms with E-state index in [1.165, 1.54) is 19.2 Å². The molecule has 2 unspecified atom stereocenters. The molecule has 2 rings (SSSR count). The van der Waals surface area contributed by atoms with Crippen LogP contribution in [0.3, 0.4) is 0 Å². The van der Waals surface area contributed by atoms with E-state index in [9.17, 15) is 14.0 Å². The van der Waals surface area contributed by atoms with Crippen LogP contribution in [0.25, 0.3) is 0 Å². The van der Waals surface area contributed by atoms with Crippen molar-refractivity contribution in [1.82, 2.24) is 5.32 Å². The molecular weight excluding hydrogens is 361 g/mol. The molecule has 0 aliphatic rings. The Hall–Kier alpha value is -2.93. The Morgan fingerprint density at radius 3 is 2.39 bits per heavy atom. The third kappa shape index (κ3) is 6.66. The van der Waals surface area contributed by atoms with Crippen LogP contribution in [0.2, 0.25) is 0 Å². The third-order valence-corrected chi connectivity index (χ3v) is 4.26. The number of ether oxygens (including phenoxy) is 1. The molecule has 6 nitrogen and oxygen atoms in total. The first-order valence-corrected chi connectivity index (χ1v) is 9.11. The van der Waals surface area contributed by atoms with Gasteiger partial charge in [-0.1, -0.05) is 18.2 Å². The molecule has 0 bridgehead atoms. The zero-order chi connectivity index (χ0) is 20.5. The molecule has 2 aromatic carbocycles. The Kier molecular flexibility index (Phi) is 7.95. The second-order valence-electron chi connectivity index (χ2n) is 6.48. The smallest absolute Gasteiger partial charge is 0.253 e. The summed E-state index contributed by atoms with van der Waals surface area (Å²) >= 11 is 0. The minimum absolute atomic E-state index is 0.149. The number of nitrogens with one attached hydrogen (secondary N) is 3. The fourth-order valence-electron chi connectivity index (χ4n) is 2.49. The lowest BCUT2D eigenvalue weighted by molar-refractivity contribution is -0.124. The molecule has 0 aliphatic heterocycles. The molecular formula is C21H26FN3O3. The molecule has 0 aliphatic carbocycles. The summed E-state index contributed by atoms with van der Waals surface area (Å²) in [7, 11) is 1.47. The van der Waals surface area contributed by atoms with Crippen molar-refractivity contribution in [2.24, 2.45) is 0 Å². The summed E-state index contributed by atoms with van der Waals surface area (Å²) in [4.78, 5) is 24.2. The first kappa shape index (κ1) is 21.4. The average molecular weight is 387 g/mol. The lowest BCUT2D eigenvalue weighted by atomic mass is 10.1. The number of benzene rings is 2. The maximum absolute atomic E-state index is 12.9. The van der Waals surface area contributed by atoms with Crippen LogP contribution in [-0.2, 0) is 20.7 Å². The standard InChI is InChI=1S/C21H26FN3O3/c1-14(20(26)23-12-11-16-7-9-17(22)10-8-16)24-18-5-4-6-19(13-18)25-21(27)15(2)28-3/h4-10,13-15,24H,11-12H2,1-3H3,(H,23,26)(H,25,27). The van der Waals surface area contributed by atoms with Crippen LogP contribution in [-0.4, -0.2) is 37.6 Å². The molecule has 3 N–H and O–H groups in total. The van der Waals surface area contributed by atoms with Crippen molar-refractivity contribution in [3.05, 3.63) is 59.9 Å². The normalized spacial score (nSPS) is 12.7. The molecule has 0 saturated heterocycles. The van der Waals surface area contributed by atoms with Gasteiger partial charge in [0.15, 0.2) is 0 Å². The fourth-order valence-corrected chi connectivity index (χ4v) is 2.49. The lowest BCUT2D eigenvalue weighted by Crippen LogP contribution is -2.38. The maximum Gasteiger partial charge on any atom is 0.253 e. The molecule has 7 heteroatoms. The SMILES string of the molecule is COC(C)C(=O)Nc1cccc(NC(C)C(=O)NCCc2ccc(F)cc2)c1. The Morgan fingerprint density at radius 2 is 1.71 bits per heavy atom. The first-order chi connectivity index (χ1) is 13.4. The van der Waals surface area contributed by atoms with Crippen molar-refractivity contribution in [1.29, 1.82) is 0 Å². The van der Waals surface area contributed by atoms with Crippen molar-refractivity contribution in [2.75, 3.05) is 24.3 Å². The van der Waals surface area contributed by atoms with E-state index in [2.05, 4.69) is 16.0 Å². The van der Waals surface area contributed by atoms with E-state index >= 15 is 0 Å². The van der Waals surface area contributed by atoms with Gasteiger partial charge in [0.05, 0.1) is 0 Å². The van der Waals surface area contributed by atoms with E-state index in [4.69, 9.17) is 4.74 Å². The molecule has 150 valence electrons. The van der Waals surface area contributed by atoms with Crippen LogP contribution in [0.5, 0.6) is 0 Å². The van der Waals surface area contributed by atoms with Gasteiger partial charge in [0, 0.05) is 25.0 Å². The van der Waals surface area contributed by atoms with Crippen LogP contribution >= 0.6 is 0 Å². The van der Waals surface area contributed by atoms with E-state index in [1.54, 1.807) is 44.2 Å². The summed E-state index contributed by atoms with van der Waals surface area (Å²) < 4.78 is 17.9. The number of hydrogen-bond donors (Lipinski definition) is 3. The zero-order valence-electron chi connectivity index (χ0n) is 16.3. The molecule has 0 spiro atoms. The zero-order valence-corrected chi connectivity index (χ0v) is 16.3. The Labute approximate surface area is 164 Å². The van der Waals surface area contributed by atoms with E-state index in [1.807, 2.05) is 6.07 Å². The summed E-state index contributed by atoms with van der Waals surface area (Å²) in [5.74, 6) is -0.670. The highest BCUT2D eigenvalue weighted by atomic mass is 19.1. The van der Waals surface area contributed by atoms with Crippen LogP contribution in [0.1, 0.15) is 19.4 Å². The number of carbonyl (C=O) groups is 2. The minimum atomic E-state index is -0.553.